The fraction of sp³-hybridized carbons (Fsp3) is 0.333. The van der Waals surface area contributed by atoms with E-state index in [-0.39, 0.29) is 18.4 Å². The Balaban J connectivity index is 1.85. The van der Waals surface area contributed by atoms with Crippen molar-refractivity contribution >= 4 is 23.4 Å². The standard InChI is InChI=1S/C21H26ClN3O2/c1-3-25(4-2)15-18-8-6-5-7-17(18)13-23-20(26)14-24-21(27)16-9-11-19(22)12-10-16/h5-12H,3-4,13-15H2,1-2H3,(H,23,26)(H,24,27)/p+1. The zero-order valence-corrected chi connectivity index (χ0v) is 16.6. The van der Waals surface area contributed by atoms with Crippen LogP contribution in [0.4, 0.5) is 0 Å². The number of amides is 2. The van der Waals surface area contributed by atoms with E-state index < -0.39 is 0 Å². The highest BCUT2D eigenvalue weighted by molar-refractivity contribution is 6.30. The average Bonchev–Trinajstić information content (AvgIpc) is 2.69. The van der Waals surface area contributed by atoms with E-state index in [2.05, 4.69) is 30.5 Å². The fourth-order valence-electron chi connectivity index (χ4n) is 2.79. The molecule has 2 aromatic carbocycles. The lowest BCUT2D eigenvalue weighted by molar-refractivity contribution is -0.910. The van der Waals surface area contributed by atoms with Gasteiger partial charge in [-0.2, -0.15) is 0 Å². The van der Waals surface area contributed by atoms with Gasteiger partial charge in [-0.1, -0.05) is 35.9 Å². The summed E-state index contributed by atoms with van der Waals surface area (Å²) in [5, 5.41) is 6.07. The molecule has 3 N–H and O–H groups in total. The molecule has 0 saturated heterocycles. The molecule has 0 atom stereocenters. The van der Waals surface area contributed by atoms with Crippen molar-refractivity contribution < 1.29 is 14.5 Å². The summed E-state index contributed by atoms with van der Waals surface area (Å²) in [6.45, 7) is 7.80. The van der Waals surface area contributed by atoms with Crippen LogP contribution in [0.25, 0.3) is 0 Å². The third-order valence-electron chi connectivity index (χ3n) is 4.55. The second-order valence-electron chi connectivity index (χ2n) is 6.37. The zero-order chi connectivity index (χ0) is 19.6. The molecular weight excluding hydrogens is 362 g/mol. The molecule has 0 aliphatic rings. The molecule has 0 aliphatic carbocycles. The summed E-state index contributed by atoms with van der Waals surface area (Å²) < 4.78 is 0. The van der Waals surface area contributed by atoms with E-state index in [4.69, 9.17) is 11.6 Å². The molecule has 0 saturated carbocycles. The number of nitrogens with one attached hydrogen (secondary N) is 3. The maximum atomic E-state index is 12.1. The van der Waals surface area contributed by atoms with Crippen molar-refractivity contribution in [1.82, 2.24) is 10.6 Å². The van der Waals surface area contributed by atoms with Crippen molar-refractivity contribution in [3.8, 4) is 0 Å². The lowest BCUT2D eigenvalue weighted by atomic mass is 10.1. The largest absolute Gasteiger partial charge is 0.350 e. The van der Waals surface area contributed by atoms with Gasteiger partial charge in [0.1, 0.15) is 6.54 Å². The summed E-state index contributed by atoms with van der Waals surface area (Å²) in [5.41, 5.74) is 2.82. The van der Waals surface area contributed by atoms with E-state index in [9.17, 15) is 9.59 Å². The molecule has 0 aliphatic heterocycles. The minimum Gasteiger partial charge on any atom is -0.350 e. The molecule has 5 nitrogen and oxygen atoms in total. The quantitative estimate of drug-likeness (QED) is 0.613. The second kappa shape index (κ2) is 10.7. The Morgan fingerprint density at radius 1 is 0.926 bits per heavy atom. The summed E-state index contributed by atoms with van der Waals surface area (Å²) in [4.78, 5) is 25.6. The maximum Gasteiger partial charge on any atom is 0.251 e. The van der Waals surface area contributed by atoms with Crippen LogP contribution in [0, 0.1) is 0 Å². The van der Waals surface area contributed by atoms with Crippen LogP contribution in [0.2, 0.25) is 5.02 Å². The van der Waals surface area contributed by atoms with E-state index in [1.54, 1.807) is 24.3 Å². The van der Waals surface area contributed by atoms with Crippen molar-refractivity contribution in [2.45, 2.75) is 26.9 Å². The number of rotatable bonds is 9. The first kappa shape index (κ1) is 20.9. The minimum atomic E-state index is -0.299. The molecular formula is C21H27ClN3O2+. The van der Waals surface area contributed by atoms with E-state index in [0.29, 0.717) is 17.1 Å². The van der Waals surface area contributed by atoms with Gasteiger partial charge in [-0.3, -0.25) is 9.59 Å². The van der Waals surface area contributed by atoms with Gasteiger partial charge < -0.3 is 15.5 Å². The third-order valence-corrected chi connectivity index (χ3v) is 4.80. The molecule has 27 heavy (non-hydrogen) atoms. The van der Waals surface area contributed by atoms with Gasteiger partial charge >= 0.3 is 0 Å². The minimum absolute atomic E-state index is 0.0646. The van der Waals surface area contributed by atoms with Crippen molar-refractivity contribution in [1.29, 1.82) is 0 Å². The highest BCUT2D eigenvalue weighted by Gasteiger charge is 2.11. The van der Waals surface area contributed by atoms with Gasteiger partial charge in [0.15, 0.2) is 0 Å². The Kier molecular flexibility index (Phi) is 8.30. The van der Waals surface area contributed by atoms with Gasteiger partial charge in [0, 0.05) is 22.7 Å². The number of hydrogen-bond donors (Lipinski definition) is 3. The monoisotopic (exact) mass is 388 g/mol. The van der Waals surface area contributed by atoms with E-state index in [1.165, 1.54) is 10.5 Å². The Bertz CT molecular complexity index is 758. The Morgan fingerprint density at radius 2 is 1.56 bits per heavy atom. The zero-order valence-electron chi connectivity index (χ0n) is 15.8. The van der Waals surface area contributed by atoms with Gasteiger partial charge in [-0.25, -0.2) is 0 Å². The van der Waals surface area contributed by atoms with Gasteiger partial charge in [-0.05, 0) is 43.7 Å². The summed E-state index contributed by atoms with van der Waals surface area (Å²) >= 11 is 5.81. The lowest BCUT2D eigenvalue weighted by Crippen LogP contribution is -3.10. The van der Waals surface area contributed by atoms with E-state index >= 15 is 0 Å². The molecule has 0 fully saturated rings. The molecule has 0 radical (unpaired) electrons. The number of hydrogen-bond acceptors (Lipinski definition) is 2. The molecule has 0 aromatic heterocycles. The van der Waals surface area contributed by atoms with Crippen LogP contribution in [-0.2, 0) is 17.9 Å². The summed E-state index contributed by atoms with van der Waals surface area (Å²) in [6.07, 6.45) is 0. The van der Waals surface area contributed by atoms with Crippen LogP contribution in [0.15, 0.2) is 48.5 Å². The van der Waals surface area contributed by atoms with Crippen LogP contribution in [0.5, 0.6) is 0 Å². The summed E-state index contributed by atoms with van der Waals surface area (Å²) in [5.74, 6) is -0.519. The first-order chi connectivity index (χ1) is 13.0. The topological polar surface area (TPSA) is 62.6 Å². The summed E-state index contributed by atoms with van der Waals surface area (Å²) in [6, 6.07) is 14.7. The van der Waals surface area contributed by atoms with Crippen LogP contribution >= 0.6 is 11.6 Å². The molecule has 0 spiro atoms. The predicted octanol–water partition coefficient (Wildman–Crippen LogP) is 1.81. The SMILES string of the molecule is CC[NH+](CC)Cc1ccccc1CNC(=O)CNC(=O)c1ccc(Cl)cc1. The number of quaternary nitrogens is 1. The lowest BCUT2D eigenvalue weighted by Gasteiger charge is -2.18. The smallest absolute Gasteiger partial charge is 0.251 e. The highest BCUT2D eigenvalue weighted by Crippen LogP contribution is 2.09. The normalized spacial score (nSPS) is 10.7. The van der Waals surface area contributed by atoms with Gasteiger partial charge in [-0.15, -0.1) is 0 Å². The third kappa shape index (κ3) is 6.70. The van der Waals surface area contributed by atoms with E-state index in [0.717, 1.165) is 25.2 Å². The first-order valence-corrected chi connectivity index (χ1v) is 9.62. The summed E-state index contributed by atoms with van der Waals surface area (Å²) in [7, 11) is 0. The number of carbonyl (C=O) groups is 2. The maximum absolute atomic E-state index is 12.1. The van der Waals surface area contributed by atoms with E-state index in [1.807, 2.05) is 18.2 Å². The van der Waals surface area contributed by atoms with Gasteiger partial charge in [0.25, 0.3) is 5.91 Å². The molecule has 2 amide bonds. The molecule has 6 heteroatoms. The van der Waals surface area contributed by atoms with Crippen LogP contribution in [0.1, 0.15) is 35.3 Å². The van der Waals surface area contributed by atoms with Gasteiger partial charge in [0.2, 0.25) is 5.91 Å². The molecule has 0 unspecified atom stereocenters. The van der Waals surface area contributed by atoms with Crippen molar-refractivity contribution in [3.05, 3.63) is 70.2 Å². The number of halogens is 1. The predicted molar refractivity (Wildman–Crippen MR) is 108 cm³/mol. The van der Waals surface area contributed by atoms with Crippen molar-refractivity contribution in [2.75, 3.05) is 19.6 Å². The van der Waals surface area contributed by atoms with Crippen LogP contribution < -0.4 is 15.5 Å². The van der Waals surface area contributed by atoms with Crippen LogP contribution in [-0.4, -0.2) is 31.4 Å². The Hall–Kier alpha value is -2.37. The number of carbonyl (C=O) groups excluding carboxylic acids is 2. The molecule has 0 heterocycles. The second-order valence-corrected chi connectivity index (χ2v) is 6.81. The van der Waals surface area contributed by atoms with Crippen LogP contribution in [0.3, 0.4) is 0 Å². The number of benzene rings is 2. The van der Waals surface area contributed by atoms with Crippen molar-refractivity contribution in [2.24, 2.45) is 0 Å². The molecule has 144 valence electrons. The first-order valence-electron chi connectivity index (χ1n) is 9.24. The highest BCUT2D eigenvalue weighted by atomic mass is 35.5. The molecule has 2 rings (SSSR count). The molecule has 2 aromatic rings. The average molecular weight is 389 g/mol. The fourth-order valence-corrected chi connectivity index (χ4v) is 2.92. The molecule has 0 bridgehead atoms. The Morgan fingerprint density at radius 3 is 2.19 bits per heavy atom. The van der Waals surface area contributed by atoms with Gasteiger partial charge in [0.05, 0.1) is 19.6 Å². The van der Waals surface area contributed by atoms with Crippen molar-refractivity contribution in [3.63, 3.8) is 0 Å². The Labute approximate surface area is 165 Å².